The second-order valence-corrected chi connectivity index (χ2v) is 8.42. The Labute approximate surface area is 187 Å². The summed E-state index contributed by atoms with van der Waals surface area (Å²) in [7, 11) is -3.84. The number of H-pyrrole nitrogens is 1. The van der Waals surface area contributed by atoms with Gasteiger partial charge in [-0.1, -0.05) is 30.3 Å². The number of nitrogens with one attached hydrogen (secondary N) is 1. The summed E-state index contributed by atoms with van der Waals surface area (Å²) in [5.74, 6) is 0. The Morgan fingerprint density at radius 2 is 1.55 bits per heavy atom. The highest BCUT2D eigenvalue weighted by Gasteiger charge is 2.17. The second-order valence-electron chi connectivity index (χ2n) is 6.85. The predicted octanol–water partition coefficient (Wildman–Crippen LogP) is 3.80. The molecule has 3 aromatic carbocycles. The maximum Gasteiger partial charge on any atom is 0.299 e. The molecule has 166 valence electrons. The summed E-state index contributed by atoms with van der Waals surface area (Å²) in [4.78, 5) is 23.4. The number of hydrogen-bond donors (Lipinski definition) is 2. The number of sulfonamides is 1. The van der Waals surface area contributed by atoms with Crippen LogP contribution in [-0.4, -0.2) is 23.1 Å². The van der Waals surface area contributed by atoms with E-state index in [-0.39, 0.29) is 16.3 Å². The molecule has 0 radical (unpaired) electrons. The quantitative estimate of drug-likeness (QED) is 0.251. The van der Waals surface area contributed by atoms with Gasteiger partial charge in [-0.2, -0.15) is 5.11 Å². The molecule has 0 saturated heterocycles. The number of aromatic amines is 1. The number of nitro benzene ring substituents is 1. The van der Waals surface area contributed by atoms with Gasteiger partial charge in [-0.25, -0.2) is 18.2 Å². The summed E-state index contributed by atoms with van der Waals surface area (Å²) >= 11 is 0. The van der Waals surface area contributed by atoms with Crippen molar-refractivity contribution in [3.8, 4) is 16.9 Å². The van der Waals surface area contributed by atoms with Gasteiger partial charge in [0, 0.05) is 17.7 Å². The minimum absolute atomic E-state index is 0.00933. The van der Waals surface area contributed by atoms with Crippen molar-refractivity contribution in [3.05, 3.63) is 99.3 Å². The number of primary sulfonamides is 1. The predicted molar refractivity (Wildman–Crippen MR) is 120 cm³/mol. The van der Waals surface area contributed by atoms with Crippen molar-refractivity contribution in [1.29, 1.82) is 0 Å². The van der Waals surface area contributed by atoms with E-state index in [1.54, 1.807) is 24.3 Å². The highest BCUT2D eigenvalue weighted by Crippen LogP contribution is 2.28. The fourth-order valence-electron chi connectivity index (χ4n) is 3.04. The topological polar surface area (TPSA) is 166 Å². The van der Waals surface area contributed by atoms with Crippen molar-refractivity contribution in [2.24, 2.45) is 15.4 Å². The van der Waals surface area contributed by atoms with E-state index in [1.807, 2.05) is 6.07 Å². The molecule has 1 aromatic heterocycles. The Morgan fingerprint density at radius 1 is 0.909 bits per heavy atom. The van der Waals surface area contributed by atoms with E-state index in [1.165, 1.54) is 53.2 Å². The fraction of sp³-hybridized carbons (Fsp3) is 0. The summed E-state index contributed by atoms with van der Waals surface area (Å²) in [5.41, 5.74) is 1.13. The monoisotopic (exact) mass is 464 g/mol. The normalized spacial score (nSPS) is 11.7. The van der Waals surface area contributed by atoms with Gasteiger partial charge in [-0.05, 0) is 36.4 Å². The zero-order valence-electron chi connectivity index (χ0n) is 16.8. The van der Waals surface area contributed by atoms with Crippen LogP contribution in [0.4, 0.5) is 17.1 Å². The van der Waals surface area contributed by atoms with E-state index in [4.69, 9.17) is 5.14 Å². The number of rotatable bonds is 6. The standard InChI is InChI=1S/C21H16N6O5S/c22-33(31,32)18-12-6-15(7-13-18)23-24-20-19(14-4-2-1-3-5-14)25-26(21(20)28)16-8-10-17(11-9-16)27(29)30/h1-13,25H,(H2,22,31,32). The van der Waals surface area contributed by atoms with Gasteiger partial charge in [0.2, 0.25) is 10.0 Å². The van der Waals surface area contributed by atoms with Crippen LogP contribution >= 0.6 is 0 Å². The Balaban J connectivity index is 1.78. The van der Waals surface area contributed by atoms with E-state index in [0.29, 0.717) is 22.6 Å². The van der Waals surface area contributed by atoms with Gasteiger partial charge in [-0.3, -0.25) is 20.0 Å². The lowest BCUT2D eigenvalue weighted by Gasteiger charge is -2.01. The van der Waals surface area contributed by atoms with E-state index in [0.717, 1.165) is 0 Å². The van der Waals surface area contributed by atoms with E-state index in [9.17, 15) is 23.3 Å². The molecule has 0 aliphatic rings. The van der Waals surface area contributed by atoms with Crippen LogP contribution < -0.4 is 10.7 Å². The molecule has 0 atom stereocenters. The molecule has 33 heavy (non-hydrogen) atoms. The molecule has 0 aliphatic carbocycles. The first-order valence-corrected chi connectivity index (χ1v) is 11.0. The number of hydrogen-bond acceptors (Lipinski definition) is 7. The SMILES string of the molecule is NS(=O)(=O)c1ccc(N=Nc2c(-c3ccccc3)[nH]n(-c3ccc([N+](=O)[O-])cc3)c2=O)cc1. The molecule has 0 amide bonds. The van der Waals surface area contributed by atoms with Crippen LogP contribution in [0.15, 0.2) is 98.8 Å². The zero-order chi connectivity index (χ0) is 23.6. The molecule has 1 heterocycles. The number of nitrogens with zero attached hydrogens (tertiary/aromatic N) is 4. The molecule has 12 heteroatoms. The van der Waals surface area contributed by atoms with Gasteiger partial charge in [0.15, 0.2) is 5.69 Å². The molecule has 4 rings (SSSR count). The summed E-state index contributed by atoms with van der Waals surface area (Å²) in [6, 6.07) is 19.8. The third-order valence-electron chi connectivity index (χ3n) is 4.68. The molecule has 0 saturated carbocycles. The molecule has 0 unspecified atom stereocenters. The fourth-order valence-corrected chi connectivity index (χ4v) is 3.56. The lowest BCUT2D eigenvalue weighted by molar-refractivity contribution is -0.384. The number of azo groups is 1. The highest BCUT2D eigenvalue weighted by atomic mass is 32.2. The summed E-state index contributed by atoms with van der Waals surface area (Å²) < 4.78 is 24.0. The van der Waals surface area contributed by atoms with Gasteiger partial charge in [-0.15, -0.1) is 5.11 Å². The first kappa shape index (κ1) is 21.8. The van der Waals surface area contributed by atoms with Crippen molar-refractivity contribution in [1.82, 2.24) is 9.78 Å². The lowest BCUT2D eigenvalue weighted by Crippen LogP contribution is -2.13. The molecular weight excluding hydrogens is 448 g/mol. The molecule has 0 aliphatic heterocycles. The van der Waals surface area contributed by atoms with Crippen molar-refractivity contribution in [2.45, 2.75) is 4.90 Å². The number of aromatic nitrogens is 2. The molecule has 0 fully saturated rings. The van der Waals surface area contributed by atoms with Crippen LogP contribution in [0.2, 0.25) is 0 Å². The van der Waals surface area contributed by atoms with Crippen LogP contribution in [0.5, 0.6) is 0 Å². The second kappa shape index (κ2) is 8.61. The van der Waals surface area contributed by atoms with Crippen molar-refractivity contribution in [2.75, 3.05) is 0 Å². The van der Waals surface area contributed by atoms with Crippen molar-refractivity contribution in [3.63, 3.8) is 0 Å². The Hall–Kier alpha value is -4.42. The van der Waals surface area contributed by atoms with Crippen molar-refractivity contribution >= 4 is 27.1 Å². The average molecular weight is 464 g/mol. The van der Waals surface area contributed by atoms with Gasteiger partial charge < -0.3 is 0 Å². The first-order chi connectivity index (χ1) is 15.7. The van der Waals surface area contributed by atoms with Gasteiger partial charge in [0.25, 0.3) is 11.2 Å². The van der Waals surface area contributed by atoms with E-state index < -0.39 is 20.5 Å². The first-order valence-electron chi connectivity index (χ1n) is 9.44. The molecule has 4 aromatic rings. The van der Waals surface area contributed by atoms with Crippen LogP contribution in [0.25, 0.3) is 16.9 Å². The molecule has 3 N–H and O–H groups in total. The van der Waals surface area contributed by atoms with E-state index in [2.05, 4.69) is 15.3 Å². The maximum absolute atomic E-state index is 13.1. The Morgan fingerprint density at radius 3 is 2.12 bits per heavy atom. The molecule has 0 bridgehead atoms. The molecule has 0 spiro atoms. The van der Waals surface area contributed by atoms with Gasteiger partial charge >= 0.3 is 0 Å². The summed E-state index contributed by atoms with van der Waals surface area (Å²) in [6.45, 7) is 0. The smallest absolute Gasteiger partial charge is 0.288 e. The molecular formula is C21H16N6O5S. The number of benzene rings is 3. The van der Waals surface area contributed by atoms with Crippen LogP contribution in [-0.2, 0) is 10.0 Å². The zero-order valence-corrected chi connectivity index (χ0v) is 17.6. The number of non-ortho nitro benzene ring substituents is 1. The number of nitrogens with two attached hydrogens (primary N) is 1. The minimum Gasteiger partial charge on any atom is -0.288 e. The lowest BCUT2D eigenvalue weighted by atomic mass is 10.1. The van der Waals surface area contributed by atoms with Crippen LogP contribution in [0.3, 0.4) is 0 Å². The Kier molecular flexibility index (Phi) is 5.69. The molecule has 11 nitrogen and oxygen atoms in total. The van der Waals surface area contributed by atoms with Crippen molar-refractivity contribution < 1.29 is 13.3 Å². The van der Waals surface area contributed by atoms with Gasteiger partial charge in [0.1, 0.15) is 0 Å². The average Bonchev–Trinajstić information content (AvgIpc) is 3.14. The number of nitro groups is 1. The van der Waals surface area contributed by atoms with Crippen LogP contribution in [0, 0.1) is 10.1 Å². The van der Waals surface area contributed by atoms with Crippen LogP contribution in [0.1, 0.15) is 0 Å². The third kappa shape index (κ3) is 4.61. The van der Waals surface area contributed by atoms with E-state index >= 15 is 0 Å². The van der Waals surface area contributed by atoms with Gasteiger partial charge in [0.05, 0.1) is 26.9 Å². The third-order valence-corrected chi connectivity index (χ3v) is 5.61. The summed E-state index contributed by atoms with van der Waals surface area (Å²) in [5, 5.41) is 27.2. The summed E-state index contributed by atoms with van der Waals surface area (Å²) in [6.07, 6.45) is 0. The largest absolute Gasteiger partial charge is 0.299 e. The highest BCUT2D eigenvalue weighted by molar-refractivity contribution is 7.89. The Bertz CT molecular complexity index is 1510. The maximum atomic E-state index is 13.1. The minimum atomic E-state index is -3.84.